The zero-order chi connectivity index (χ0) is 13.0. The van der Waals surface area contributed by atoms with Crippen LogP contribution in [0.5, 0.6) is 5.75 Å². The van der Waals surface area contributed by atoms with E-state index in [2.05, 4.69) is 20.8 Å². The lowest BCUT2D eigenvalue weighted by Gasteiger charge is -2.08. The van der Waals surface area contributed by atoms with Gasteiger partial charge < -0.3 is 4.74 Å². The first kappa shape index (κ1) is 12.0. The van der Waals surface area contributed by atoms with Gasteiger partial charge in [-0.15, -0.1) is 0 Å². The van der Waals surface area contributed by atoms with Crippen LogP contribution in [0.4, 0.5) is 5.95 Å². The van der Waals surface area contributed by atoms with E-state index in [1.807, 2.05) is 31.2 Å². The van der Waals surface area contributed by atoms with Crippen LogP contribution in [-0.4, -0.2) is 32.7 Å². The molecule has 1 N–H and O–H groups in total. The lowest BCUT2D eigenvalue weighted by molar-refractivity contribution is -0.118. The van der Waals surface area contributed by atoms with Crippen molar-refractivity contribution in [1.82, 2.24) is 20.2 Å². The molecule has 0 atom stereocenters. The van der Waals surface area contributed by atoms with Gasteiger partial charge in [0.1, 0.15) is 5.75 Å². The van der Waals surface area contributed by atoms with Crippen LogP contribution in [0, 0.1) is 6.92 Å². The van der Waals surface area contributed by atoms with E-state index in [0.717, 1.165) is 5.56 Å². The zero-order valence-corrected chi connectivity index (χ0v) is 10.1. The first-order valence-electron chi connectivity index (χ1n) is 5.37. The van der Waals surface area contributed by atoms with Crippen LogP contribution >= 0.6 is 0 Å². The fourth-order valence-electron chi connectivity index (χ4n) is 1.36. The molecule has 0 fully saturated rings. The fraction of sp³-hybridized carbons (Fsp3) is 0.273. The molecule has 0 bridgehead atoms. The summed E-state index contributed by atoms with van der Waals surface area (Å²) in [6.07, 6.45) is 0. The predicted octanol–water partition coefficient (Wildman–Crippen LogP) is 0.536. The van der Waals surface area contributed by atoms with Crippen molar-refractivity contribution >= 4 is 11.9 Å². The molecule has 1 amide bonds. The van der Waals surface area contributed by atoms with Crippen molar-refractivity contribution in [3.05, 3.63) is 29.8 Å². The summed E-state index contributed by atoms with van der Waals surface area (Å²) in [4.78, 5) is 11.6. The second-order valence-electron chi connectivity index (χ2n) is 3.73. The minimum absolute atomic E-state index is 0.0856. The number of tetrazole rings is 1. The van der Waals surface area contributed by atoms with Gasteiger partial charge in [-0.3, -0.25) is 10.1 Å². The van der Waals surface area contributed by atoms with E-state index in [4.69, 9.17) is 4.74 Å². The summed E-state index contributed by atoms with van der Waals surface area (Å²) in [6, 6.07) is 7.49. The summed E-state index contributed by atoms with van der Waals surface area (Å²) in [5.41, 5.74) is 0.977. The average Bonchev–Trinajstić information content (AvgIpc) is 2.74. The summed E-state index contributed by atoms with van der Waals surface area (Å²) in [5, 5.41) is 13.2. The average molecular weight is 247 g/mol. The Kier molecular flexibility index (Phi) is 3.52. The van der Waals surface area contributed by atoms with Crippen molar-refractivity contribution in [2.75, 3.05) is 11.9 Å². The summed E-state index contributed by atoms with van der Waals surface area (Å²) < 4.78 is 6.76. The Morgan fingerprint density at radius 3 is 2.89 bits per heavy atom. The summed E-state index contributed by atoms with van der Waals surface area (Å²) in [7, 11) is 1.64. The number of hydrogen-bond donors (Lipinski definition) is 1. The van der Waals surface area contributed by atoms with E-state index in [1.54, 1.807) is 7.05 Å². The van der Waals surface area contributed by atoms with Crippen LogP contribution in [0.3, 0.4) is 0 Å². The quantitative estimate of drug-likeness (QED) is 0.852. The van der Waals surface area contributed by atoms with Gasteiger partial charge in [0.05, 0.1) is 0 Å². The normalized spacial score (nSPS) is 10.1. The van der Waals surface area contributed by atoms with E-state index in [-0.39, 0.29) is 18.5 Å². The van der Waals surface area contributed by atoms with E-state index in [0.29, 0.717) is 5.75 Å². The van der Waals surface area contributed by atoms with E-state index in [1.165, 1.54) is 4.68 Å². The second-order valence-corrected chi connectivity index (χ2v) is 3.73. The smallest absolute Gasteiger partial charge is 0.264 e. The number of ether oxygens (including phenoxy) is 1. The number of nitrogens with zero attached hydrogens (tertiary/aromatic N) is 4. The van der Waals surface area contributed by atoms with Gasteiger partial charge in [0.15, 0.2) is 6.61 Å². The molecule has 0 radical (unpaired) electrons. The van der Waals surface area contributed by atoms with Crippen molar-refractivity contribution in [3.63, 3.8) is 0 Å². The van der Waals surface area contributed by atoms with Crippen LogP contribution in [0.1, 0.15) is 5.56 Å². The highest BCUT2D eigenvalue weighted by molar-refractivity contribution is 5.90. The van der Waals surface area contributed by atoms with Crippen molar-refractivity contribution in [2.45, 2.75) is 6.92 Å². The number of carbonyl (C=O) groups excluding carboxylic acids is 1. The molecular weight excluding hydrogens is 234 g/mol. The molecule has 1 aromatic heterocycles. The molecule has 1 aromatic carbocycles. The van der Waals surface area contributed by atoms with E-state index >= 15 is 0 Å². The molecule has 0 aliphatic heterocycles. The highest BCUT2D eigenvalue weighted by atomic mass is 16.5. The summed E-state index contributed by atoms with van der Waals surface area (Å²) >= 11 is 0. The van der Waals surface area contributed by atoms with Gasteiger partial charge in [0, 0.05) is 7.05 Å². The fourth-order valence-corrected chi connectivity index (χ4v) is 1.36. The summed E-state index contributed by atoms with van der Waals surface area (Å²) in [5.74, 6) is 0.660. The van der Waals surface area contributed by atoms with Gasteiger partial charge in [-0.2, -0.15) is 0 Å². The number of hydrogen-bond acceptors (Lipinski definition) is 5. The second kappa shape index (κ2) is 5.26. The lowest BCUT2D eigenvalue weighted by Crippen LogP contribution is -2.22. The van der Waals surface area contributed by atoms with E-state index < -0.39 is 0 Å². The number of amides is 1. The predicted molar refractivity (Wildman–Crippen MR) is 64.1 cm³/mol. The molecule has 0 unspecified atom stereocenters. The Morgan fingerprint density at radius 2 is 2.22 bits per heavy atom. The Morgan fingerprint density at radius 1 is 1.44 bits per heavy atom. The standard InChI is InChI=1S/C11H13N5O2/c1-8-5-3-4-6-9(8)18-7-10(17)12-11-13-14-15-16(11)2/h3-6H,7H2,1-2H3,(H,12,13,15,17). The van der Waals surface area contributed by atoms with Crippen LogP contribution in [0.15, 0.2) is 24.3 Å². The maximum Gasteiger partial charge on any atom is 0.264 e. The molecule has 2 rings (SSSR count). The molecular formula is C11H13N5O2. The third-order valence-electron chi connectivity index (χ3n) is 2.32. The highest BCUT2D eigenvalue weighted by Crippen LogP contribution is 2.15. The molecule has 0 saturated heterocycles. The van der Waals surface area contributed by atoms with Gasteiger partial charge >= 0.3 is 0 Å². The summed E-state index contributed by atoms with van der Waals surface area (Å²) in [6.45, 7) is 1.83. The molecule has 7 nitrogen and oxygen atoms in total. The van der Waals surface area contributed by atoms with Crippen molar-refractivity contribution in [3.8, 4) is 5.75 Å². The van der Waals surface area contributed by atoms with Crippen LogP contribution in [0.2, 0.25) is 0 Å². The molecule has 94 valence electrons. The number of benzene rings is 1. The van der Waals surface area contributed by atoms with Gasteiger partial charge in [-0.25, -0.2) is 4.68 Å². The molecule has 0 saturated carbocycles. The highest BCUT2D eigenvalue weighted by Gasteiger charge is 2.08. The van der Waals surface area contributed by atoms with E-state index in [9.17, 15) is 4.79 Å². The third kappa shape index (κ3) is 2.82. The first-order chi connectivity index (χ1) is 8.66. The van der Waals surface area contributed by atoms with Crippen molar-refractivity contribution in [2.24, 2.45) is 7.05 Å². The minimum atomic E-state index is -0.309. The third-order valence-corrected chi connectivity index (χ3v) is 2.32. The Labute approximate surface area is 104 Å². The Bertz CT molecular complexity index is 552. The maximum absolute atomic E-state index is 11.6. The van der Waals surface area contributed by atoms with Gasteiger partial charge in [-0.1, -0.05) is 23.3 Å². The SMILES string of the molecule is Cc1ccccc1OCC(=O)Nc1nnnn1C. The molecule has 2 aromatic rings. The Balaban J connectivity index is 1.90. The van der Waals surface area contributed by atoms with Gasteiger partial charge in [-0.05, 0) is 29.0 Å². The number of aromatic nitrogens is 4. The molecule has 0 aliphatic rings. The Hall–Kier alpha value is -2.44. The van der Waals surface area contributed by atoms with Crippen LogP contribution in [-0.2, 0) is 11.8 Å². The molecule has 18 heavy (non-hydrogen) atoms. The maximum atomic E-state index is 11.6. The van der Waals surface area contributed by atoms with Crippen LogP contribution in [0.25, 0.3) is 0 Å². The molecule has 7 heteroatoms. The first-order valence-corrected chi connectivity index (χ1v) is 5.37. The van der Waals surface area contributed by atoms with Crippen LogP contribution < -0.4 is 10.1 Å². The van der Waals surface area contributed by atoms with Crippen molar-refractivity contribution < 1.29 is 9.53 Å². The number of aryl methyl sites for hydroxylation is 2. The van der Waals surface area contributed by atoms with Gasteiger partial charge in [0.2, 0.25) is 5.95 Å². The molecule has 0 aliphatic carbocycles. The largest absolute Gasteiger partial charge is 0.483 e. The minimum Gasteiger partial charge on any atom is -0.483 e. The monoisotopic (exact) mass is 247 g/mol. The molecule has 1 heterocycles. The number of nitrogens with one attached hydrogen (secondary N) is 1. The van der Waals surface area contributed by atoms with Crippen molar-refractivity contribution in [1.29, 1.82) is 0 Å². The topological polar surface area (TPSA) is 81.9 Å². The zero-order valence-electron chi connectivity index (χ0n) is 10.1. The number of anilines is 1. The lowest BCUT2D eigenvalue weighted by atomic mass is 10.2. The number of para-hydroxylation sites is 1. The molecule has 0 spiro atoms. The number of carbonyl (C=O) groups is 1. The number of rotatable bonds is 4. The van der Waals surface area contributed by atoms with Gasteiger partial charge in [0.25, 0.3) is 5.91 Å².